The van der Waals surface area contributed by atoms with Gasteiger partial charge in [0.25, 0.3) is 0 Å². The lowest BCUT2D eigenvalue weighted by Gasteiger charge is -2.15. The highest BCUT2D eigenvalue weighted by atomic mass is 15.0. The minimum absolute atomic E-state index is 0.396. The smallest absolute Gasteiger partial charge is 0.0949 e. The van der Waals surface area contributed by atoms with Gasteiger partial charge in [0, 0.05) is 25.2 Å². The highest BCUT2D eigenvalue weighted by Gasteiger charge is 2.16. The van der Waals surface area contributed by atoms with E-state index in [2.05, 4.69) is 36.5 Å². The van der Waals surface area contributed by atoms with Crippen molar-refractivity contribution in [1.82, 2.24) is 9.55 Å². The van der Waals surface area contributed by atoms with Gasteiger partial charge in [-0.25, -0.2) is 4.98 Å². The van der Waals surface area contributed by atoms with E-state index >= 15 is 0 Å². The molecule has 1 heterocycles. The zero-order valence-corrected chi connectivity index (χ0v) is 8.70. The maximum Gasteiger partial charge on any atom is 0.0949 e. The molecule has 1 atom stereocenters. The summed E-state index contributed by atoms with van der Waals surface area (Å²) in [5, 5.41) is 0. The molecule has 0 radical (unpaired) electrons. The summed E-state index contributed by atoms with van der Waals surface area (Å²) in [7, 11) is 0. The summed E-state index contributed by atoms with van der Waals surface area (Å²) in [6.07, 6.45) is 3.97. The molecular formula is C10H19N3. The minimum atomic E-state index is 0.396. The number of nitrogens with two attached hydrogens (primary N) is 1. The summed E-state index contributed by atoms with van der Waals surface area (Å²) in [5.74, 6) is 0.956. The second kappa shape index (κ2) is 4.42. The van der Waals surface area contributed by atoms with Crippen LogP contribution in [0.3, 0.4) is 0 Å². The van der Waals surface area contributed by atoms with Crippen LogP contribution in [-0.4, -0.2) is 16.1 Å². The van der Waals surface area contributed by atoms with Gasteiger partial charge in [0.2, 0.25) is 0 Å². The fourth-order valence-electron chi connectivity index (χ4n) is 1.48. The van der Waals surface area contributed by atoms with E-state index in [1.54, 1.807) is 0 Å². The molecule has 1 unspecified atom stereocenters. The third-order valence-corrected chi connectivity index (χ3v) is 2.46. The number of rotatable bonds is 4. The van der Waals surface area contributed by atoms with Crippen LogP contribution in [0.25, 0.3) is 0 Å². The van der Waals surface area contributed by atoms with Crippen molar-refractivity contribution in [1.29, 1.82) is 0 Å². The van der Waals surface area contributed by atoms with Crippen LogP contribution in [0, 0.1) is 5.92 Å². The lowest BCUT2D eigenvalue weighted by atomic mass is 9.93. The van der Waals surface area contributed by atoms with Gasteiger partial charge < -0.3 is 10.3 Å². The van der Waals surface area contributed by atoms with Gasteiger partial charge in [-0.1, -0.05) is 13.8 Å². The second-order valence-corrected chi connectivity index (χ2v) is 3.72. The molecule has 0 saturated heterocycles. The van der Waals surface area contributed by atoms with Gasteiger partial charge in [-0.3, -0.25) is 0 Å². The Morgan fingerprint density at radius 3 is 2.62 bits per heavy atom. The Balaban J connectivity index is 2.79. The van der Waals surface area contributed by atoms with Crippen LogP contribution in [0.2, 0.25) is 0 Å². The Kier molecular flexibility index (Phi) is 3.48. The first-order valence-corrected chi connectivity index (χ1v) is 4.90. The van der Waals surface area contributed by atoms with Gasteiger partial charge in [-0.2, -0.15) is 0 Å². The monoisotopic (exact) mass is 181 g/mol. The number of aryl methyl sites for hydroxylation is 1. The zero-order chi connectivity index (χ0) is 9.84. The molecule has 0 saturated carbocycles. The molecule has 0 aliphatic rings. The summed E-state index contributed by atoms with van der Waals surface area (Å²) in [5.41, 5.74) is 6.83. The highest BCUT2D eigenvalue weighted by molar-refractivity contribution is 5.06. The summed E-state index contributed by atoms with van der Waals surface area (Å²) in [6.45, 7) is 8.13. The molecule has 3 heteroatoms. The first kappa shape index (κ1) is 10.3. The molecule has 3 nitrogen and oxygen atoms in total. The number of aromatic nitrogens is 2. The molecular weight excluding hydrogens is 162 g/mol. The fraction of sp³-hybridized carbons (Fsp3) is 0.700. The third-order valence-electron chi connectivity index (χ3n) is 2.46. The van der Waals surface area contributed by atoms with Crippen LogP contribution in [0.15, 0.2) is 12.5 Å². The molecule has 1 rings (SSSR count). The van der Waals surface area contributed by atoms with Gasteiger partial charge in [-0.05, 0) is 12.8 Å². The van der Waals surface area contributed by atoms with E-state index in [9.17, 15) is 0 Å². The molecule has 1 aromatic rings. The predicted octanol–water partition coefficient (Wildman–Crippen LogP) is 1.60. The van der Waals surface area contributed by atoms with Crippen molar-refractivity contribution in [3.05, 3.63) is 18.2 Å². The molecule has 13 heavy (non-hydrogen) atoms. The lowest BCUT2D eigenvalue weighted by Crippen LogP contribution is -2.18. The van der Waals surface area contributed by atoms with Crippen molar-refractivity contribution in [2.24, 2.45) is 11.7 Å². The number of nitrogens with zero attached hydrogens (tertiary/aromatic N) is 2. The normalized spacial score (nSPS) is 13.6. The topological polar surface area (TPSA) is 43.8 Å². The van der Waals surface area contributed by atoms with Gasteiger partial charge in [-0.15, -0.1) is 0 Å². The van der Waals surface area contributed by atoms with E-state index in [0.717, 1.165) is 12.2 Å². The highest BCUT2D eigenvalue weighted by Crippen LogP contribution is 2.21. The Hall–Kier alpha value is -0.830. The van der Waals surface area contributed by atoms with Crippen LogP contribution >= 0.6 is 0 Å². The molecule has 1 aromatic heterocycles. The Morgan fingerprint density at radius 1 is 1.54 bits per heavy atom. The molecule has 0 amide bonds. The Bertz CT molecular complexity index is 252. The summed E-state index contributed by atoms with van der Waals surface area (Å²) < 4.78 is 2.08. The van der Waals surface area contributed by atoms with Crippen molar-refractivity contribution in [2.45, 2.75) is 33.2 Å². The SMILES string of the molecule is CCn1cnc(C(CN)C(C)C)c1. The van der Waals surface area contributed by atoms with Crippen LogP contribution < -0.4 is 5.73 Å². The van der Waals surface area contributed by atoms with Gasteiger partial charge >= 0.3 is 0 Å². The standard InChI is InChI=1S/C10H19N3/c1-4-13-6-10(12-7-13)9(5-11)8(2)3/h6-9H,4-5,11H2,1-3H3. The predicted molar refractivity (Wildman–Crippen MR) is 54.5 cm³/mol. The van der Waals surface area contributed by atoms with E-state index < -0.39 is 0 Å². The van der Waals surface area contributed by atoms with E-state index in [1.165, 1.54) is 0 Å². The molecule has 0 fully saturated rings. The largest absolute Gasteiger partial charge is 0.337 e. The molecule has 0 aliphatic heterocycles. The Labute approximate surface area is 80.0 Å². The molecule has 0 spiro atoms. The van der Waals surface area contributed by atoms with Gasteiger partial charge in [0.05, 0.1) is 12.0 Å². The van der Waals surface area contributed by atoms with E-state index in [-0.39, 0.29) is 0 Å². The Morgan fingerprint density at radius 2 is 2.23 bits per heavy atom. The van der Waals surface area contributed by atoms with Crippen molar-refractivity contribution >= 4 is 0 Å². The second-order valence-electron chi connectivity index (χ2n) is 3.72. The van der Waals surface area contributed by atoms with Crippen molar-refractivity contribution < 1.29 is 0 Å². The van der Waals surface area contributed by atoms with Crippen molar-refractivity contribution in [2.75, 3.05) is 6.54 Å². The summed E-state index contributed by atoms with van der Waals surface area (Å²) in [4.78, 5) is 4.36. The fourth-order valence-corrected chi connectivity index (χ4v) is 1.48. The first-order valence-electron chi connectivity index (χ1n) is 4.90. The number of hydrogen-bond donors (Lipinski definition) is 1. The maximum atomic E-state index is 5.71. The lowest BCUT2D eigenvalue weighted by molar-refractivity contribution is 0.497. The molecule has 0 aromatic carbocycles. The molecule has 2 N–H and O–H groups in total. The van der Waals surface area contributed by atoms with Crippen LogP contribution in [-0.2, 0) is 6.54 Å². The van der Waals surface area contributed by atoms with Crippen molar-refractivity contribution in [3.8, 4) is 0 Å². The van der Waals surface area contributed by atoms with E-state index in [0.29, 0.717) is 18.4 Å². The molecule has 0 aliphatic carbocycles. The maximum absolute atomic E-state index is 5.71. The molecule has 0 bridgehead atoms. The van der Waals surface area contributed by atoms with E-state index in [1.807, 2.05) is 6.33 Å². The number of hydrogen-bond acceptors (Lipinski definition) is 2. The average Bonchev–Trinajstić information content (AvgIpc) is 2.53. The minimum Gasteiger partial charge on any atom is -0.337 e. The summed E-state index contributed by atoms with van der Waals surface area (Å²) >= 11 is 0. The average molecular weight is 181 g/mol. The van der Waals surface area contributed by atoms with Crippen LogP contribution in [0.1, 0.15) is 32.4 Å². The van der Waals surface area contributed by atoms with Crippen LogP contribution in [0.5, 0.6) is 0 Å². The van der Waals surface area contributed by atoms with Crippen LogP contribution in [0.4, 0.5) is 0 Å². The summed E-state index contributed by atoms with van der Waals surface area (Å²) in [6, 6.07) is 0. The zero-order valence-electron chi connectivity index (χ0n) is 8.70. The van der Waals surface area contributed by atoms with E-state index in [4.69, 9.17) is 5.73 Å². The number of imidazole rings is 1. The van der Waals surface area contributed by atoms with Gasteiger partial charge in [0.15, 0.2) is 0 Å². The first-order chi connectivity index (χ1) is 6.19. The van der Waals surface area contributed by atoms with Crippen molar-refractivity contribution in [3.63, 3.8) is 0 Å². The third kappa shape index (κ3) is 2.31. The van der Waals surface area contributed by atoms with Gasteiger partial charge in [0.1, 0.15) is 0 Å². The quantitative estimate of drug-likeness (QED) is 0.766. The molecule has 74 valence electrons.